The second-order valence-corrected chi connectivity index (χ2v) is 5.56. The van der Waals surface area contributed by atoms with Crippen molar-refractivity contribution in [1.29, 1.82) is 0 Å². The van der Waals surface area contributed by atoms with Crippen LogP contribution in [0, 0.1) is 2.88 Å². The monoisotopic (exact) mass is 346 g/mol. The summed E-state index contributed by atoms with van der Waals surface area (Å²) < 4.78 is 1.11. The van der Waals surface area contributed by atoms with E-state index in [1.54, 1.807) is 11.3 Å². The van der Waals surface area contributed by atoms with Crippen LogP contribution in [0.2, 0.25) is 0 Å². The molecule has 1 atom stereocenters. The van der Waals surface area contributed by atoms with Crippen molar-refractivity contribution in [2.75, 3.05) is 6.54 Å². The van der Waals surface area contributed by atoms with E-state index in [1.807, 2.05) is 18.4 Å². The van der Waals surface area contributed by atoms with Gasteiger partial charge in [0.1, 0.15) is 0 Å². The highest BCUT2D eigenvalue weighted by atomic mass is 127. The lowest BCUT2D eigenvalue weighted by atomic mass is 10.3. The Morgan fingerprint density at radius 1 is 1.79 bits per heavy atom. The standard InChI is InChI=1S/C8H11IN2OS.ClH/c1-5(3-10)11-8(12)6-2-7(9)13-4-6;/h2,4-5H,3,10H2,1H3,(H,11,12);1H/t5-;/m0./s1. The molecule has 1 rings (SSSR count). The number of hydrogen-bond donors (Lipinski definition) is 2. The SMILES string of the molecule is C[C@@H](CN)NC(=O)c1csc(I)c1.Cl. The van der Waals surface area contributed by atoms with Gasteiger partial charge in [0.05, 0.1) is 8.45 Å². The highest BCUT2D eigenvalue weighted by molar-refractivity contribution is 14.1. The normalized spacial score (nSPS) is 11.6. The first-order valence-electron chi connectivity index (χ1n) is 3.88. The number of halogens is 2. The molecular weight excluding hydrogens is 335 g/mol. The van der Waals surface area contributed by atoms with Crippen molar-refractivity contribution >= 4 is 52.2 Å². The molecule has 3 N–H and O–H groups in total. The first-order chi connectivity index (χ1) is 6.13. The van der Waals surface area contributed by atoms with E-state index in [1.165, 1.54) is 0 Å². The third kappa shape index (κ3) is 4.12. The average Bonchev–Trinajstić information content (AvgIpc) is 2.51. The minimum absolute atomic E-state index is 0. The van der Waals surface area contributed by atoms with Gasteiger partial charge in [0, 0.05) is 18.0 Å². The van der Waals surface area contributed by atoms with Crippen LogP contribution in [0.25, 0.3) is 0 Å². The van der Waals surface area contributed by atoms with E-state index in [9.17, 15) is 4.79 Å². The topological polar surface area (TPSA) is 55.1 Å². The van der Waals surface area contributed by atoms with Crippen LogP contribution in [-0.4, -0.2) is 18.5 Å². The van der Waals surface area contributed by atoms with E-state index in [0.717, 1.165) is 8.45 Å². The fraction of sp³-hybridized carbons (Fsp3) is 0.375. The molecule has 1 heterocycles. The Labute approximate surface area is 107 Å². The molecule has 0 bridgehead atoms. The summed E-state index contributed by atoms with van der Waals surface area (Å²) >= 11 is 3.75. The number of thiophene rings is 1. The summed E-state index contributed by atoms with van der Waals surface area (Å²) in [7, 11) is 0. The maximum absolute atomic E-state index is 11.5. The molecule has 0 aliphatic heterocycles. The fourth-order valence-corrected chi connectivity index (χ4v) is 2.12. The zero-order valence-corrected chi connectivity index (χ0v) is 11.4. The van der Waals surface area contributed by atoms with Crippen molar-refractivity contribution in [2.45, 2.75) is 13.0 Å². The van der Waals surface area contributed by atoms with Crippen LogP contribution < -0.4 is 11.1 Å². The van der Waals surface area contributed by atoms with Gasteiger partial charge in [0.25, 0.3) is 5.91 Å². The first-order valence-corrected chi connectivity index (χ1v) is 5.84. The van der Waals surface area contributed by atoms with Crippen LogP contribution >= 0.6 is 46.3 Å². The van der Waals surface area contributed by atoms with Crippen molar-refractivity contribution in [3.63, 3.8) is 0 Å². The Balaban J connectivity index is 0.00000169. The van der Waals surface area contributed by atoms with Gasteiger partial charge < -0.3 is 11.1 Å². The van der Waals surface area contributed by atoms with Gasteiger partial charge in [-0.25, -0.2) is 0 Å². The van der Waals surface area contributed by atoms with Crippen LogP contribution in [0.1, 0.15) is 17.3 Å². The van der Waals surface area contributed by atoms with Crippen molar-refractivity contribution in [3.8, 4) is 0 Å². The summed E-state index contributed by atoms with van der Waals surface area (Å²) in [6.45, 7) is 2.35. The number of rotatable bonds is 3. The summed E-state index contributed by atoms with van der Waals surface area (Å²) in [6, 6.07) is 1.90. The number of nitrogens with two attached hydrogens (primary N) is 1. The Kier molecular flexibility index (Phi) is 6.67. The Morgan fingerprint density at radius 2 is 2.43 bits per heavy atom. The molecule has 0 aromatic carbocycles. The van der Waals surface area contributed by atoms with Crippen molar-refractivity contribution in [2.24, 2.45) is 5.73 Å². The Bertz CT molecular complexity index is 305. The maximum atomic E-state index is 11.5. The highest BCUT2D eigenvalue weighted by Gasteiger charge is 2.09. The quantitative estimate of drug-likeness (QED) is 0.821. The summed E-state index contributed by atoms with van der Waals surface area (Å²) in [5.74, 6) is -0.0443. The van der Waals surface area contributed by atoms with Gasteiger partial charge in [-0.2, -0.15) is 0 Å². The molecule has 1 aromatic heterocycles. The molecule has 0 saturated carbocycles. The van der Waals surface area contributed by atoms with Crippen molar-refractivity contribution in [3.05, 3.63) is 19.9 Å². The molecule has 0 fully saturated rings. The maximum Gasteiger partial charge on any atom is 0.252 e. The van der Waals surface area contributed by atoms with Gasteiger partial charge in [0.15, 0.2) is 0 Å². The third-order valence-corrected chi connectivity index (χ3v) is 3.35. The molecule has 0 aliphatic carbocycles. The third-order valence-electron chi connectivity index (χ3n) is 1.56. The largest absolute Gasteiger partial charge is 0.348 e. The van der Waals surface area contributed by atoms with E-state index in [-0.39, 0.29) is 24.4 Å². The number of nitrogens with one attached hydrogen (secondary N) is 1. The molecule has 0 spiro atoms. The molecule has 6 heteroatoms. The molecule has 1 aromatic rings. The summed E-state index contributed by atoms with van der Waals surface area (Å²) in [5.41, 5.74) is 6.11. The number of carbonyl (C=O) groups excluding carboxylic acids is 1. The number of hydrogen-bond acceptors (Lipinski definition) is 3. The second-order valence-electron chi connectivity index (χ2n) is 2.75. The lowest BCUT2D eigenvalue weighted by Crippen LogP contribution is -2.37. The summed E-state index contributed by atoms with van der Waals surface area (Å²) in [4.78, 5) is 11.5. The molecule has 1 amide bonds. The smallest absolute Gasteiger partial charge is 0.252 e. The van der Waals surface area contributed by atoms with Gasteiger partial charge in [-0.3, -0.25) is 4.79 Å². The second kappa shape index (κ2) is 6.60. The molecule has 3 nitrogen and oxygen atoms in total. The molecule has 0 unspecified atom stereocenters. The van der Waals surface area contributed by atoms with E-state index < -0.39 is 0 Å². The van der Waals surface area contributed by atoms with Crippen LogP contribution in [-0.2, 0) is 0 Å². The Hall–Kier alpha value is 0.150. The zero-order valence-electron chi connectivity index (χ0n) is 7.62. The molecule has 14 heavy (non-hydrogen) atoms. The molecule has 0 saturated heterocycles. The Morgan fingerprint density at radius 3 is 2.86 bits per heavy atom. The summed E-state index contributed by atoms with van der Waals surface area (Å²) in [5, 5.41) is 4.65. The zero-order chi connectivity index (χ0) is 9.84. The van der Waals surface area contributed by atoms with Crippen molar-refractivity contribution < 1.29 is 4.79 Å². The molecule has 0 radical (unpaired) electrons. The molecule has 80 valence electrons. The van der Waals surface area contributed by atoms with Crippen LogP contribution in [0.5, 0.6) is 0 Å². The number of amides is 1. The van der Waals surface area contributed by atoms with Crippen LogP contribution in [0.3, 0.4) is 0 Å². The lowest BCUT2D eigenvalue weighted by molar-refractivity contribution is 0.0941. The fourth-order valence-electron chi connectivity index (χ4n) is 0.795. The van der Waals surface area contributed by atoms with E-state index >= 15 is 0 Å². The summed E-state index contributed by atoms with van der Waals surface area (Å²) in [6.07, 6.45) is 0. The minimum atomic E-state index is -0.0443. The van der Waals surface area contributed by atoms with Crippen LogP contribution in [0.4, 0.5) is 0 Å². The van der Waals surface area contributed by atoms with E-state index in [0.29, 0.717) is 6.54 Å². The van der Waals surface area contributed by atoms with Gasteiger partial charge in [-0.05, 0) is 35.6 Å². The van der Waals surface area contributed by atoms with Gasteiger partial charge >= 0.3 is 0 Å². The molecule has 0 aliphatic rings. The van der Waals surface area contributed by atoms with Gasteiger partial charge in [0.2, 0.25) is 0 Å². The number of carbonyl (C=O) groups is 1. The first kappa shape index (κ1) is 14.2. The average molecular weight is 347 g/mol. The lowest BCUT2D eigenvalue weighted by Gasteiger charge is -2.09. The van der Waals surface area contributed by atoms with Crippen LogP contribution in [0.15, 0.2) is 11.4 Å². The molecular formula is C8H12ClIN2OS. The predicted octanol–water partition coefficient (Wildman–Crippen LogP) is 1.85. The van der Waals surface area contributed by atoms with Gasteiger partial charge in [-0.15, -0.1) is 23.7 Å². The van der Waals surface area contributed by atoms with E-state index in [2.05, 4.69) is 27.9 Å². The van der Waals surface area contributed by atoms with E-state index in [4.69, 9.17) is 5.73 Å². The highest BCUT2D eigenvalue weighted by Crippen LogP contribution is 2.16. The minimum Gasteiger partial charge on any atom is -0.348 e. The predicted molar refractivity (Wildman–Crippen MR) is 70.3 cm³/mol. The van der Waals surface area contributed by atoms with Gasteiger partial charge in [-0.1, -0.05) is 0 Å². The van der Waals surface area contributed by atoms with Crippen molar-refractivity contribution in [1.82, 2.24) is 5.32 Å².